The number of aromatic nitrogens is 2. The van der Waals surface area contributed by atoms with E-state index in [4.69, 9.17) is 4.74 Å². The van der Waals surface area contributed by atoms with Crippen LogP contribution < -0.4 is 5.32 Å². The van der Waals surface area contributed by atoms with E-state index in [1.54, 1.807) is 10.9 Å². The van der Waals surface area contributed by atoms with Gasteiger partial charge in [0.1, 0.15) is 6.61 Å². The summed E-state index contributed by atoms with van der Waals surface area (Å²) >= 11 is 3.39. The number of carbonyl (C=O) groups is 1. The summed E-state index contributed by atoms with van der Waals surface area (Å²) in [7, 11) is 0. The first-order valence-corrected chi connectivity index (χ1v) is 7.80. The van der Waals surface area contributed by atoms with E-state index in [2.05, 4.69) is 26.3 Å². The highest BCUT2D eigenvalue weighted by atomic mass is 79.9. The van der Waals surface area contributed by atoms with Gasteiger partial charge in [-0.1, -0.05) is 48.5 Å². The summed E-state index contributed by atoms with van der Waals surface area (Å²) in [5, 5.41) is 6.98. The number of ether oxygens (including phenoxy) is 1. The number of halogens is 1. The molecule has 1 heterocycles. The van der Waals surface area contributed by atoms with Crippen LogP contribution in [-0.4, -0.2) is 15.9 Å². The number of rotatable bonds is 4. The van der Waals surface area contributed by atoms with Crippen molar-refractivity contribution in [1.29, 1.82) is 0 Å². The van der Waals surface area contributed by atoms with Crippen LogP contribution in [0.2, 0.25) is 0 Å². The summed E-state index contributed by atoms with van der Waals surface area (Å²) in [4.78, 5) is 12.0. The molecule has 0 aliphatic carbocycles. The molecule has 23 heavy (non-hydrogen) atoms. The fourth-order valence-corrected chi connectivity index (χ4v) is 2.42. The lowest BCUT2D eigenvalue weighted by molar-refractivity contribution is 0.155. The third-order valence-corrected chi connectivity index (χ3v) is 3.74. The van der Waals surface area contributed by atoms with E-state index < -0.39 is 6.09 Å². The maximum absolute atomic E-state index is 12.0. The smallest absolute Gasteiger partial charge is 0.413 e. The molecule has 5 nitrogen and oxygen atoms in total. The summed E-state index contributed by atoms with van der Waals surface area (Å²) in [6, 6.07) is 19.1. The molecule has 0 aliphatic rings. The van der Waals surface area contributed by atoms with Crippen LogP contribution in [0.4, 0.5) is 10.6 Å². The highest BCUT2D eigenvalue weighted by molar-refractivity contribution is 9.10. The number of hydrogen-bond donors (Lipinski definition) is 1. The number of amides is 1. The zero-order valence-electron chi connectivity index (χ0n) is 12.1. The molecule has 116 valence electrons. The quantitative estimate of drug-likeness (QED) is 0.739. The van der Waals surface area contributed by atoms with Crippen LogP contribution in [0.25, 0.3) is 5.69 Å². The van der Waals surface area contributed by atoms with E-state index in [1.807, 2.05) is 60.7 Å². The van der Waals surface area contributed by atoms with Crippen LogP contribution in [0.3, 0.4) is 0 Å². The Balaban J connectivity index is 1.70. The maximum Gasteiger partial charge on any atom is 0.413 e. The molecule has 1 N–H and O–H groups in total. The Labute approximate surface area is 142 Å². The van der Waals surface area contributed by atoms with E-state index in [-0.39, 0.29) is 6.61 Å². The van der Waals surface area contributed by atoms with Gasteiger partial charge in [0, 0.05) is 0 Å². The van der Waals surface area contributed by atoms with Crippen molar-refractivity contribution in [3.05, 3.63) is 76.9 Å². The second-order valence-corrected chi connectivity index (χ2v) is 5.63. The highest BCUT2D eigenvalue weighted by Gasteiger charge is 2.14. The van der Waals surface area contributed by atoms with Crippen LogP contribution in [-0.2, 0) is 11.3 Å². The molecule has 0 saturated carbocycles. The predicted molar refractivity (Wildman–Crippen MR) is 91.5 cm³/mol. The molecule has 1 aromatic heterocycles. The Morgan fingerprint density at radius 1 is 1.09 bits per heavy atom. The number of hydrogen-bond acceptors (Lipinski definition) is 3. The van der Waals surface area contributed by atoms with Gasteiger partial charge in [0.05, 0.1) is 16.4 Å². The molecule has 0 radical (unpaired) electrons. The standard InChI is InChI=1S/C17H14BrN3O2/c18-15-11-19-21(14-9-5-2-6-10-14)16(15)20-17(22)23-12-13-7-3-1-4-8-13/h1-11H,12H2,(H,20,22). The van der Waals surface area contributed by atoms with Crippen LogP contribution >= 0.6 is 15.9 Å². The minimum absolute atomic E-state index is 0.212. The largest absolute Gasteiger partial charge is 0.444 e. The van der Waals surface area contributed by atoms with Crippen molar-refractivity contribution in [3.63, 3.8) is 0 Å². The third-order valence-electron chi connectivity index (χ3n) is 3.16. The second-order valence-electron chi connectivity index (χ2n) is 4.78. The molecule has 0 fully saturated rings. The van der Waals surface area contributed by atoms with Crippen molar-refractivity contribution in [3.8, 4) is 5.69 Å². The van der Waals surface area contributed by atoms with Crippen LogP contribution in [0.1, 0.15) is 5.56 Å². The topological polar surface area (TPSA) is 56.2 Å². The molecule has 3 rings (SSSR count). The highest BCUT2D eigenvalue weighted by Crippen LogP contribution is 2.25. The zero-order valence-corrected chi connectivity index (χ0v) is 13.7. The first-order valence-electron chi connectivity index (χ1n) is 7.00. The lowest BCUT2D eigenvalue weighted by atomic mass is 10.2. The van der Waals surface area contributed by atoms with E-state index >= 15 is 0 Å². The van der Waals surface area contributed by atoms with Gasteiger partial charge in [-0.3, -0.25) is 5.32 Å². The third kappa shape index (κ3) is 3.78. The average Bonchev–Trinajstić information content (AvgIpc) is 2.95. The summed E-state index contributed by atoms with van der Waals surface area (Å²) in [6.07, 6.45) is 1.09. The van der Waals surface area contributed by atoms with Crippen LogP contribution in [0.15, 0.2) is 71.3 Å². The van der Waals surface area contributed by atoms with Gasteiger partial charge < -0.3 is 4.74 Å². The van der Waals surface area contributed by atoms with Crippen molar-refractivity contribution in [2.24, 2.45) is 0 Å². The SMILES string of the molecule is O=C(Nc1c(Br)cnn1-c1ccccc1)OCc1ccccc1. The Bertz CT molecular complexity index is 788. The van der Waals surface area contributed by atoms with Crippen molar-refractivity contribution >= 4 is 27.8 Å². The molecule has 0 bridgehead atoms. The number of carbonyl (C=O) groups excluding carboxylic acids is 1. The molecule has 0 saturated heterocycles. The maximum atomic E-state index is 12.0. The molecule has 1 amide bonds. The van der Waals surface area contributed by atoms with Gasteiger partial charge >= 0.3 is 6.09 Å². The molecule has 0 unspecified atom stereocenters. The van der Waals surface area contributed by atoms with Crippen molar-refractivity contribution in [2.75, 3.05) is 5.32 Å². The Kier molecular flexibility index (Phi) is 4.73. The molecule has 0 spiro atoms. The van der Waals surface area contributed by atoms with Gasteiger partial charge in [-0.15, -0.1) is 0 Å². The van der Waals surface area contributed by atoms with Gasteiger partial charge in [-0.25, -0.2) is 9.48 Å². The zero-order chi connectivity index (χ0) is 16.1. The minimum atomic E-state index is -0.535. The summed E-state index contributed by atoms with van der Waals surface area (Å²) in [6.45, 7) is 0.212. The number of anilines is 1. The average molecular weight is 372 g/mol. The van der Waals surface area contributed by atoms with Crippen molar-refractivity contribution in [2.45, 2.75) is 6.61 Å². The fourth-order valence-electron chi connectivity index (χ4n) is 2.06. The molecule has 0 aliphatic heterocycles. The Hall–Kier alpha value is -2.60. The molecular formula is C17H14BrN3O2. The number of benzene rings is 2. The van der Waals surface area contributed by atoms with Gasteiger partial charge in [-0.05, 0) is 33.6 Å². The predicted octanol–water partition coefficient (Wildman–Crippen LogP) is 4.38. The van der Waals surface area contributed by atoms with E-state index in [1.165, 1.54) is 0 Å². The lowest BCUT2D eigenvalue weighted by Crippen LogP contribution is -2.16. The fraction of sp³-hybridized carbons (Fsp3) is 0.0588. The van der Waals surface area contributed by atoms with Gasteiger partial charge in [-0.2, -0.15) is 5.10 Å². The van der Waals surface area contributed by atoms with Crippen LogP contribution in [0, 0.1) is 0 Å². The van der Waals surface area contributed by atoms with E-state index in [9.17, 15) is 4.79 Å². The van der Waals surface area contributed by atoms with Crippen molar-refractivity contribution < 1.29 is 9.53 Å². The molecule has 0 atom stereocenters. The first kappa shape index (κ1) is 15.3. The molecular weight excluding hydrogens is 358 g/mol. The molecule has 3 aromatic rings. The van der Waals surface area contributed by atoms with E-state index in [0.717, 1.165) is 11.3 Å². The Morgan fingerprint density at radius 2 is 1.74 bits per heavy atom. The van der Waals surface area contributed by atoms with Gasteiger partial charge in [0.25, 0.3) is 0 Å². The first-order chi connectivity index (χ1) is 11.2. The number of nitrogens with one attached hydrogen (secondary N) is 1. The summed E-state index contributed by atoms with van der Waals surface area (Å²) in [5.41, 5.74) is 1.77. The minimum Gasteiger partial charge on any atom is -0.444 e. The number of nitrogens with zero attached hydrogens (tertiary/aromatic N) is 2. The normalized spacial score (nSPS) is 10.3. The summed E-state index contributed by atoms with van der Waals surface area (Å²) in [5.74, 6) is 0.522. The monoisotopic (exact) mass is 371 g/mol. The Morgan fingerprint density at radius 3 is 2.43 bits per heavy atom. The van der Waals surface area contributed by atoms with Gasteiger partial charge in [0.2, 0.25) is 0 Å². The van der Waals surface area contributed by atoms with E-state index in [0.29, 0.717) is 10.3 Å². The van der Waals surface area contributed by atoms with Crippen molar-refractivity contribution in [1.82, 2.24) is 9.78 Å². The van der Waals surface area contributed by atoms with Crippen LogP contribution in [0.5, 0.6) is 0 Å². The van der Waals surface area contributed by atoms with Gasteiger partial charge in [0.15, 0.2) is 5.82 Å². The second kappa shape index (κ2) is 7.11. The summed E-state index contributed by atoms with van der Waals surface area (Å²) < 4.78 is 7.55. The number of para-hydroxylation sites is 1. The molecule has 6 heteroatoms. The lowest BCUT2D eigenvalue weighted by Gasteiger charge is -2.10. The molecule has 2 aromatic carbocycles.